The van der Waals surface area contributed by atoms with Crippen molar-refractivity contribution in [2.24, 2.45) is 0 Å². The van der Waals surface area contributed by atoms with Crippen molar-refractivity contribution in [3.63, 3.8) is 0 Å². The van der Waals surface area contributed by atoms with Gasteiger partial charge in [-0.2, -0.15) is 5.10 Å². The molecule has 0 fully saturated rings. The summed E-state index contributed by atoms with van der Waals surface area (Å²) < 4.78 is 1.97. The smallest absolute Gasteiger partial charge is 0.171 e. The molecule has 0 amide bonds. The summed E-state index contributed by atoms with van der Waals surface area (Å²) in [5.74, 6) is 0.0612. The molecule has 0 saturated heterocycles. The molecule has 0 aliphatic heterocycles. The molecule has 4 rings (SSSR count). The van der Waals surface area contributed by atoms with Crippen molar-refractivity contribution in [2.45, 2.75) is 34.6 Å². The van der Waals surface area contributed by atoms with Gasteiger partial charge in [0.1, 0.15) is 5.01 Å². The zero-order valence-electron chi connectivity index (χ0n) is 17.8. The largest absolute Gasteiger partial charge is 0.353 e. The summed E-state index contributed by atoms with van der Waals surface area (Å²) in [4.78, 5) is 17.0. The number of ketones is 1. The highest BCUT2D eigenvalue weighted by atomic mass is 32.1. The molecule has 0 spiro atoms. The number of hydrogen-bond acceptors (Lipinski definition) is 5. The van der Waals surface area contributed by atoms with Crippen LogP contribution in [0.3, 0.4) is 0 Å². The lowest BCUT2D eigenvalue weighted by atomic mass is 10.2. The number of rotatable bonds is 5. The van der Waals surface area contributed by atoms with E-state index in [9.17, 15) is 4.79 Å². The van der Waals surface area contributed by atoms with E-state index in [0.717, 1.165) is 49.6 Å². The minimum Gasteiger partial charge on any atom is -0.353 e. The van der Waals surface area contributed by atoms with Gasteiger partial charge in [0.05, 0.1) is 33.3 Å². The Bertz CT molecular complexity index is 1220. The molecule has 6 heteroatoms. The zero-order chi connectivity index (χ0) is 21.4. The fourth-order valence-corrected chi connectivity index (χ4v) is 4.41. The number of carbonyl (C=O) groups excluding carboxylic acids is 1. The number of anilines is 2. The summed E-state index contributed by atoms with van der Waals surface area (Å²) >= 11 is 1.44. The van der Waals surface area contributed by atoms with Gasteiger partial charge >= 0.3 is 0 Å². The molecule has 2 heterocycles. The van der Waals surface area contributed by atoms with E-state index in [0.29, 0.717) is 0 Å². The number of thiazole rings is 1. The second kappa shape index (κ2) is 7.88. The summed E-state index contributed by atoms with van der Waals surface area (Å²) in [6, 6.07) is 16.5. The fraction of sp³-hybridized carbons (Fsp3) is 0.208. The highest BCUT2D eigenvalue weighted by Gasteiger charge is 2.15. The second-order valence-electron chi connectivity index (χ2n) is 7.49. The van der Waals surface area contributed by atoms with Crippen LogP contribution in [0, 0.1) is 27.7 Å². The topological polar surface area (TPSA) is 59.8 Å². The van der Waals surface area contributed by atoms with E-state index in [-0.39, 0.29) is 5.78 Å². The van der Waals surface area contributed by atoms with E-state index < -0.39 is 0 Å². The number of carbonyl (C=O) groups is 1. The van der Waals surface area contributed by atoms with Gasteiger partial charge in [-0.15, -0.1) is 11.3 Å². The van der Waals surface area contributed by atoms with E-state index in [1.54, 1.807) is 6.92 Å². The Labute approximate surface area is 180 Å². The normalized spacial score (nSPS) is 11.0. The predicted molar refractivity (Wildman–Crippen MR) is 123 cm³/mol. The van der Waals surface area contributed by atoms with Crippen LogP contribution in [0.4, 0.5) is 11.4 Å². The number of benzene rings is 2. The maximum absolute atomic E-state index is 11.7. The highest BCUT2D eigenvalue weighted by molar-refractivity contribution is 7.17. The number of hydrogen-bond donors (Lipinski definition) is 1. The average molecular weight is 417 g/mol. The highest BCUT2D eigenvalue weighted by Crippen LogP contribution is 2.31. The molecular formula is C24H24N4OS. The van der Waals surface area contributed by atoms with Crippen LogP contribution in [-0.2, 0) is 0 Å². The van der Waals surface area contributed by atoms with Crippen molar-refractivity contribution < 1.29 is 4.79 Å². The third-order valence-electron chi connectivity index (χ3n) is 5.09. The van der Waals surface area contributed by atoms with E-state index >= 15 is 0 Å². The minimum absolute atomic E-state index is 0.0612. The van der Waals surface area contributed by atoms with Crippen LogP contribution in [0.15, 0.2) is 48.5 Å². The van der Waals surface area contributed by atoms with Crippen LogP contribution in [0.1, 0.15) is 39.2 Å². The number of nitrogens with zero attached hydrogens (tertiary/aromatic N) is 3. The minimum atomic E-state index is 0.0612. The number of aryl methyl sites for hydroxylation is 3. The monoisotopic (exact) mass is 416 g/mol. The first-order valence-corrected chi connectivity index (χ1v) is 10.6. The van der Waals surface area contributed by atoms with E-state index in [1.807, 2.05) is 42.8 Å². The van der Waals surface area contributed by atoms with Crippen molar-refractivity contribution in [1.82, 2.24) is 14.8 Å². The summed E-state index contributed by atoms with van der Waals surface area (Å²) in [5.41, 5.74) is 8.06. The van der Waals surface area contributed by atoms with Crippen molar-refractivity contribution in [3.05, 3.63) is 76.1 Å². The van der Waals surface area contributed by atoms with Crippen LogP contribution in [-0.4, -0.2) is 20.5 Å². The van der Waals surface area contributed by atoms with Crippen molar-refractivity contribution >= 4 is 28.5 Å². The van der Waals surface area contributed by atoms with Gasteiger partial charge in [-0.3, -0.25) is 4.79 Å². The number of Topliss-reactive ketones (excluding diaryl/α,β-unsaturated/α-hetero) is 1. The molecular weight excluding hydrogens is 392 g/mol. The first kappa shape index (κ1) is 20.0. The molecule has 0 atom stereocenters. The lowest BCUT2D eigenvalue weighted by molar-refractivity contribution is 0.102. The maximum Gasteiger partial charge on any atom is 0.171 e. The van der Waals surface area contributed by atoms with Crippen molar-refractivity contribution in [3.8, 4) is 16.3 Å². The van der Waals surface area contributed by atoms with Gasteiger partial charge < -0.3 is 5.32 Å². The SMILES string of the molecule is CC(=O)c1sc(-c2ccc(Nc3c(C)nn(-c4ccc(C)cc4)c3C)cc2)nc1C. The summed E-state index contributed by atoms with van der Waals surface area (Å²) in [6.07, 6.45) is 0. The van der Waals surface area contributed by atoms with Crippen LogP contribution < -0.4 is 5.32 Å². The average Bonchev–Trinajstić information content (AvgIpc) is 3.24. The van der Waals surface area contributed by atoms with Crippen LogP contribution >= 0.6 is 11.3 Å². The molecule has 4 aromatic rings. The maximum atomic E-state index is 11.7. The Morgan fingerprint density at radius 2 is 1.60 bits per heavy atom. The molecule has 0 saturated carbocycles. The fourth-order valence-electron chi connectivity index (χ4n) is 3.45. The number of nitrogens with one attached hydrogen (secondary N) is 1. The lowest BCUT2D eigenvalue weighted by Crippen LogP contribution is -1.99. The van der Waals surface area contributed by atoms with Crippen LogP contribution in [0.5, 0.6) is 0 Å². The first-order chi connectivity index (χ1) is 14.3. The number of aromatic nitrogens is 3. The van der Waals surface area contributed by atoms with E-state index in [4.69, 9.17) is 5.10 Å². The third kappa shape index (κ3) is 3.78. The molecule has 5 nitrogen and oxygen atoms in total. The summed E-state index contributed by atoms with van der Waals surface area (Å²) in [5, 5.41) is 9.08. The molecule has 0 bridgehead atoms. The predicted octanol–water partition coefficient (Wildman–Crippen LogP) is 6.18. The van der Waals surface area contributed by atoms with Crippen LogP contribution in [0.25, 0.3) is 16.3 Å². The van der Waals surface area contributed by atoms with E-state index in [2.05, 4.69) is 48.4 Å². The van der Waals surface area contributed by atoms with E-state index in [1.165, 1.54) is 16.9 Å². The quantitative estimate of drug-likeness (QED) is 0.395. The molecule has 0 unspecified atom stereocenters. The van der Waals surface area contributed by atoms with Gasteiger partial charge in [0.2, 0.25) is 0 Å². The van der Waals surface area contributed by atoms with Crippen molar-refractivity contribution in [1.29, 1.82) is 0 Å². The Kier molecular flexibility index (Phi) is 5.26. The first-order valence-electron chi connectivity index (χ1n) is 9.82. The zero-order valence-corrected chi connectivity index (χ0v) is 18.6. The third-order valence-corrected chi connectivity index (χ3v) is 6.39. The molecule has 0 aliphatic carbocycles. The van der Waals surface area contributed by atoms with Gasteiger partial charge in [0.25, 0.3) is 0 Å². The summed E-state index contributed by atoms with van der Waals surface area (Å²) in [6.45, 7) is 9.62. The Morgan fingerprint density at radius 3 is 2.20 bits per heavy atom. The summed E-state index contributed by atoms with van der Waals surface area (Å²) in [7, 11) is 0. The van der Waals surface area contributed by atoms with Gasteiger partial charge in [-0.1, -0.05) is 17.7 Å². The van der Waals surface area contributed by atoms with Gasteiger partial charge in [0, 0.05) is 18.2 Å². The molecule has 0 radical (unpaired) electrons. The van der Waals surface area contributed by atoms with Gasteiger partial charge in [-0.05, 0) is 64.1 Å². The molecule has 0 aliphatic rings. The van der Waals surface area contributed by atoms with Gasteiger partial charge in [0.15, 0.2) is 5.78 Å². The molecule has 30 heavy (non-hydrogen) atoms. The van der Waals surface area contributed by atoms with Gasteiger partial charge in [-0.25, -0.2) is 9.67 Å². The lowest BCUT2D eigenvalue weighted by Gasteiger charge is -2.09. The standard InChI is InChI=1S/C24H24N4OS/c1-14-6-12-21(13-7-14)28-17(4)22(15(2)27-28)26-20-10-8-19(9-11-20)24-25-16(3)23(30-24)18(5)29/h6-13,26H,1-5H3. The molecule has 152 valence electrons. The second-order valence-corrected chi connectivity index (χ2v) is 8.48. The van der Waals surface area contributed by atoms with Crippen molar-refractivity contribution in [2.75, 3.05) is 5.32 Å². The Hall–Kier alpha value is -3.25. The van der Waals surface area contributed by atoms with Crippen LogP contribution in [0.2, 0.25) is 0 Å². The molecule has 2 aromatic carbocycles. The Balaban J connectivity index is 1.59. The molecule has 1 N–H and O–H groups in total. The molecule has 2 aromatic heterocycles. The Morgan fingerprint density at radius 1 is 0.933 bits per heavy atom.